The minimum Gasteiger partial charge on any atom is -0.481 e. The van der Waals surface area contributed by atoms with Crippen LogP contribution in [0.3, 0.4) is 0 Å². The average Bonchev–Trinajstić information content (AvgIpc) is 2.36. The monoisotopic (exact) mass is 303 g/mol. The van der Waals surface area contributed by atoms with Crippen LogP contribution in [0.1, 0.15) is 24.9 Å². The Morgan fingerprint density at radius 1 is 1.37 bits per heavy atom. The second-order valence-corrected chi connectivity index (χ2v) is 6.83. The first-order valence-electron chi connectivity index (χ1n) is 5.70. The van der Waals surface area contributed by atoms with Crippen molar-refractivity contribution in [2.45, 2.75) is 24.3 Å². The van der Waals surface area contributed by atoms with E-state index in [9.17, 15) is 13.2 Å². The number of nitrogens with one attached hydrogen (secondary N) is 1. The molecule has 0 aliphatic carbocycles. The van der Waals surface area contributed by atoms with Crippen molar-refractivity contribution in [2.75, 3.05) is 12.0 Å². The number of hydrogen-bond acceptors (Lipinski definition) is 4. The summed E-state index contributed by atoms with van der Waals surface area (Å²) < 4.78 is 25.8. The van der Waals surface area contributed by atoms with Gasteiger partial charge in [-0.25, -0.2) is 13.1 Å². The first kappa shape index (κ1) is 16.0. The zero-order valence-electron chi connectivity index (χ0n) is 10.8. The molecule has 1 aromatic carbocycles. The van der Waals surface area contributed by atoms with Gasteiger partial charge in [0.15, 0.2) is 0 Å². The first-order chi connectivity index (χ1) is 8.84. The lowest BCUT2D eigenvalue weighted by atomic mass is 10.1. The number of benzene rings is 1. The van der Waals surface area contributed by atoms with Crippen LogP contribution in [0.4, 0.5) is 0 Å². The van der Waals surface area contributed by atoms with E-state index in [-0.39, 0.29) is 6.04 Å². The van der Waals surface area contributed by atoms with E-state index in [1.807, 2.05) is 30.5 Å². The van der Waals surface area contributed by atoms with Crippen molar-refractivity contribution in [3.05, 3.63) is 29.8 Å². The summed E-state index contributed by atoms with van der Waals surface area (Å²) in [5.74, 6) is -1.53. The average molecular weight is 303 g/mol. The third-order valence-electron chi connectivity index (χ3n) is 2.56. The zero-order chi connectivity index (χ0) is 14.5. The van der Waals surface area contributed by atoms with Gasteiger partial charge in [-0.1, -0.05) is 12.1 Å². The molecule has 1 unspecified atom stereocenters. The quantitative estimate of drug-likeness (QED) is 0.751. The highest BCUT2D eigenvalue weighted by Gasteiger charge is 2.17. The van der Waals surface area contributed by atoms with E-state index in [4.69, 9.17) is 5.11 Å². The topological polar surface area (TPSA) is 83.5 Å². The van der Waals surface area contributed by atoms with E-state index in [2.05, 4.69) is 4.72 Å². The Morgan fingerprint density at radius 2 is 1.95 bits per heavy atom. The third kappa shape index (κ3) is 5.63. The molecule has 1 atom stereocenters. The molecular weight excluding hydrogens is 286 g/mol. The smallest absolute Gasteiger partial charge is 0.304 e. The minimum absolute atomic E-state index is 0.380. The summed E-state index contributed by atoms with van der Waals surface area (Å²) in [4.78, 5) is 11.5. The molecule has 0 saturated carbocycles. The van der Waals surface area contributed by atoms with E-state index in [0.717, 1.165) is 10.5 Å². The number of sulfonamides is 1. The number of rotatable bonds is 7. The fourth-order valence-electron chi connectivity index (χ4n) is 1.51. The van der Waals surface area contributed by atoms with Crippen LogP contribution in [-0.2, 0) is 14.8 Å². The first-order valence-corrected chi connectivity index (χ1v) is 8.57. The second kappa shape index (κ2) is 6.93. The molecule has 0 aliphatic heterocycles. The molecule has 0 spiro atoms. The molecule has 0 fully saturated rings. The fraction of sp³-hybridized carbons (Fsp3) is 0.417. The van der Waals surface area contributed by atoms with Crippen molar-refractivity contribution in [3.63, 3.8) is 0 Å². The molecule has 0 aromatic heterocycles. The number of hydrogen-bond donors (Lipinski definition) is 2. The molecule has 0 amide bonds. The fourth-order valence-corrected chi connectivity index (χ4v) is 3.15. The molecule has 0 bridgehead atoms. The zero-order valence-corrected chi connectivity index (χ0v) is 12.4. The number of carbonyl (C=O) groups is 1. The molecule has 106 valence electrons. The molecule has 0 saturated heterocycles. The van der Waals surface area contributed by atoms with E-state index in [1.54, 1.807) is 18.7 Å². The number of thioether (sulfide) groups is 1. The van der Waals surface area contributed by atoms with Crippen molar-refractivity contribution >= 4 is 27.8 Å². The lowest BCUT2D eigenvalue weighted by Crippen LogP contribution is -2.30. The minimum atomic E-state index is -3.58. The van der Waals surface area contributed by atoms with Gasteiger partial charge in [0.25, 0.3) is 0 Å². The summed E-state index contributed by atoms with van der Waals surface area (Å²) in [5, 5.41) is 8.49. The molecule has 0 aliphatic rings. The van der Waals surface area contributed by atoms with Gasteiger partial charge < -0.3 is 5.11 Å². The van der Waals surface area contributed by atoms with E-state index < -0.39 is 28.2 Å². The van der Waals surface area contributed by atoms with Crippen LogP contribution < -0.4 is 4.72 Å². The van der Waals surface area contributed by atoms with Gasteiger partial charge in [0.2, 0.25) is 10.0 Å². The van der Waals surface area contributed by atoms with Gasteiger partial charge in [-0.05, 0) is 30.9 Å². The predicted molar refractivity (Wildman–Crippen MR) is 75.8 cm³/mol. The van der Waals surface area contributed by atoms with Gasteiger partial charge in [-0.3, -0.25) is 4.79 Å². The van der Waals surface area contributed by atoms with Gasteiger partial charge in [0.05, 0.1) is 12.2 Å². The molecule has 1 aromatic rings. The maximum absolute atomic E-state index is 11.7. The van der Waals surface area contributed by atoms with Crippen LogP contribution in [-0.4, -0.2) is 31.5 Å². The van der Waals surface area contributed by atoms with E-state index >= 15 is 0 Å². The summed E-state index contributed by atoms with van der Waals surface area (Å²) in [6.07, 6.45) is 1.57. The predicted octanol–water partition coefficient (Wildman–Crippen LogP) is 1.86. The standard InChI is InChI=1S/C12H17NO4S2/c1-9(10-3-5-11(18-2)6-4-10)13-19(16,17)8-7-12(14)15/h3-6,9,13H,7-8H2,1-2H3,(H,14,15). The highest BCUT2D eigenvalue weighted by Crippen LogP contribution is 2.19. The van der Waals surface area contributed by atoms with Crippen molar-refractivity contribution in [2.24, 2.45) is 0 Å². The molecule has 19 heavy (non-hydrogen) atoms. The van der Waals surface area contributed by atoms with E-state index in [1.165, 1.54) is 0 Å². The normalized spacial score (nSPS) is 13.2. The second-order valence-electron chi connectivity index (χ2n) is 4.08. The number of carboxylic acids is 1. The maximum atomic E-state index is 11.7. The van der Waals surface area contributed by atoms with Crippen LogP contribution >= 0.6 is 11.8 Å². The summed E-state index contributed by atoms with van der Waals surface area (Å²) >= 11 is 1.61. The molecule has 5 nitrogen and oxygen atoms in total. The maximum Gasteiger partial charge on any atom is 0.304 e. The number of carboxylic acid groups (broad SMARTS) is 1. The Kier molecular flexibility index (Phi) is 5.84. The van der Waals surface area contributed by atoms with Gasteiger partial charge >= 0.3 is 5.97 Å². The Morgan fingerprint density at radius 3 is 2.42 bits per heavy atom. The third-order valence-corrected chi connectivity index (χ3v) is 4.75. The molecule has 7 heteroatoms. The van der Waals surface area contributed by atoms with Crippen LogP contribution in [0.5, 0.6) is 0 Å². The molecule has 0 heterocycles. The van der Waals surface area contributed by atoms with Crippen molar-refractivity contribution in [1.29, 1.82) is 0 Å². The Hall–Kier alpha value is -1.05. The van der Waals surface area contributed by atoms with Crippen LogP contribution in [0, 0.1) is 0 Å². The lowest BCUT2D eigenvalue weighted by Gasteiger charge is -2.14. The summed E-state index contributed by atoms with van der Waals surface area (Å²) in [6, 6.07) is 7.17. The highest BCUT2D eigenvalue weighted by molar-refractivity contribution is 7.98. The van der Waals surface area contributed by atoms with Crippen molar-refractivity contribution < 1.29 is 18.3 Å². The van der Waals surface area contributed by atoms with Gasteiger partial charge in [-0.2, -0.15) is 0 Å². The summed E-state index contributed by atoms with van der Waals surface area (Å²) in [7, 11) is -3.58. The van der Waals surface area contributed by atoms with Gasteiger partial charge in [0, 0.05) is 10.9 Å². The number of aliphatic carboxylic acids is 1. The SMILES string of the molecule is CSc1ccc(C(C)NS(=O)(=O)CCC(=O)O)cc1. The largest absolute Gasteiger partial charge is 0.481 e. The lowest BCUT2D eigenvalue weighted by molar-refractivity contribution is -0.136. The van der Waals surface area contributed by atoms with Crippen molar-refractivity contribution in [1.82, 2.24) is 4.72 Å². The molecule has 1 rings (SSSR count). The van der Waals surface area contributed by atoms with Gasteiger partial charge in [0.1, 0.15) is 0 Å². The van der Waals surface area contributed by atoms with Crippen molar-refractivity contribution in [3.8, 4) is 0 Å². The van der Waals surface area contributed by atoms with Gasteiger partial charge in [-0.15, -0.1) is 11.8 Å². The molecule has 2 N–H and O–H groups in total. The summed E-state index contributed by atoms with van der Waals surface area (Å²) in [6.45, 7) is 1.73. The van der Waals surface area contributed by atoms with Crippen LogP contribution in [0.15, 0.2) is 29.2 Å². The Labute approximate surface area is 117 Å². The highest BCUT2D eigenvalue weighted by atomic mass is 32.2. The van der Waals surface area contributed by atoms with Crippen LogP contribution in [0.2, 0.25) is 0 Å². The molecule has 0 radical (unpaired) electrons. The van der Waals surface area contributed by atoms with Crippen LogP contribution in [0.25, 0.3) is 0 Å². The summed E-state index contributed by atoms with van der Waals surface area (Å²) in [5.41, 5.74) is 0.844. The Balaban J connectivity index is 2.67. The van der Waals surface area contributed by atoms with E-state index in [0.29, 0.717) is 0 Å². The Bertz CT molecular complexity index is 525. The molecular formula is C12H17NO4S2.